The molecular weight excluding hydrogens is 399 g/mol. The summed E-state index contributed by atoms with van der Waals surface area (Å²) >= 11 is 0. The van der Waals surface area contributed by atoms with Gasteiger partial charge in [-0.3, -0.25) is 6.08 Å². The maximum absolute atomic E-state index is 3.30. The van der Waals surface area contributed by atoms with E-state index in [1.165, 1.54) is 11.6 Å². The van der Waals surface area contributed by atoms with Crippen molar-refractivity contribution in [2.24, 2.45) is 5.41 Å². The van der Waals surface area contributed by atoms with E-state index in [1.54, 1.807) is 5.19 Å². The van der Waals surface area contributed by atoms with Crippen LogP contribution in [-0.4, -0.2) is 8.80 Å². The molecule has 2 rings (SSSR count). The Bertz CT molecular complexity index is 439. The molecule has 127 valence electrons. The molecule has 1 aliphatic carbocycles. The van der Waals surface area contributed by atoms with Crippen molar-refractivity contribution in [3.05, 3.63) is 54.1 Å². The molecule has 0 heterocycles. The fraction of sp³-hybridized carbons (Fsp3) is 0.444. The fourth-order valence-corrected chi connectivity index (χ4v) is 3.02. The largest absolute Gasteiger partial charge is 4.00 e. The van der Waals surface area contributed by atoms with E-state index in [2.05, 4.69) is 82.8 Å². The summed E-state index contributed by atoms with van der Waals surface area (Å²) in [4.78, 5) is 0. The summed E-state index contributed by atoms with van der Waals surface area (Å²) in [6.07, 6.45) is 8.63. The van der Waals surface area contributed by atoms with Crippen LogP contribution in [0.15, 0.2) is 48.1 Å². The van der Waals surface area contributed by atoms with Crippen molar-refractivity contribution < 1.29 is 58.9 Å². The number of allylic oxidation sites excluding steroid dienone is 4. The molecule has 0 N–H and O–H groups in total. The van der Waals surface area contributed by atoms with Crippen LogP contribution in [0.4, 0.5) is 0 Å². The van der Waals surface area contributed by atoms with Crippen molar-refractivity contribution in [2.75, 3.05) is 0 Å². The molecule has 1 aromatic carbocycles. The predicted molar refractivity (Wildman–Crippen MR) is 88.1 cm³/mol. The number of hydrogen-bond acceptors (Lipinski definition) is 0. The predicted octanol–water partition coefficient (Wildman–Crippen LogP) is -4.23. The van der Waals surface area contributed by atoms with E-state index in [9.17, 15) is 0 Å². The van der Waals surface area contributed by atoms with E-state index >= 15 is 0 Å². The van der Waals surface area contributed by atoms with Gasteiger partial charge in [0.05, 0.1) is 8.80 Å². The third-order valence-corrected chi connectivity index (χ3v) is 5.68. The second-order valence-electron chi connectivity index (χ2n) is 5.95. The number of benzene rings is 1. The topological polar surface area (TPSA) is 0 Å². The molecule has 1 aromatic rings. The number of hydrogen-bond donors (Lipinski definition) is 0. The molecular formula is C18H26Cl3SiTi. The van der Waals surface area contributed by atoms with E-state index in [0.717, 1.165) is 6.42 Å². The monoisotopic (exact) mass is 423 g/mol. The Labute approximate surface area is 178 Å². The normalized spacial score (nSPS) is 11.7. The minimum Gasteiger partial charge on any atom is -1.00 e. The summed E-state index contributed by atoms with van der Waals surface area (Å²) < 4.78 is 0. The molecule has 0 saturated heterocycles. The zero-order valence-corrected chi connectivity index (χ0v) is 19.4. The van der Waals surface area contributed by atoms with E-state index in [0.29, 0.717) is 5.41 Å². The second-order valence-corrected chi connectivity index (χ2v) is 8.79. The molecule has 0 fully saturated rings. The van der Waals surface area contributed by atoms with Gasteiger partial charge in [0.25, 0.3) is 0 Å². The van der Waals surface area contributed by atoms with Gasteiger partial charge in [0, 0.05) is 0 Å². The van der Waals surface area contributed by atoms with E-state index in [1.807, 2.05) is 0 Å². The molecule has 0 amide bonds. The minimum atomic E-state index is -0.207. The van der Waals surface area contributed by atoms with Gasteiger partial charge in [-0.2, -0.15) is 6.08 Å². The van der Waals surface area contributed by atoms with Crippen LogP contribution in [0.2, 0.25) is 12.6 Å². The summed E-state index contributed by atoms with van der Waals surface area (Å²) in [5.74, 6) is 0. The van der Waals surface area contributed by atoms with Crippen molar-refractivity contribution in [2.45, 2.75) is 46.7 Å². The molecule has 5 heteroatoms. The first-order valence-electron chi connectivity index (χ1n) is 7.11. The van der Waals surface area contributed by atoms with Gasteiger partial charge in [-0.05, 0) is 5.41 Å². The molecule has 0 saturated carbocycles. The van der Waals surface area contributed by atoms with Crippen LogP contribution in [0.3, 0.4) is 0 Å². The number of rotatable bonds is 2. The molecule has 0 spiro atoms. The SMILES string of the molecule is CC(C)(C)C1=[C-]CC=C1.CC[Si](C)c1ccccc1.[Cl-].[Cl-].[Cl-].[Ti+4]. The smallest absolute Gasteiger partial charge is 1.00 e. The van der Waals surface area contributed by atoms with Crippen molar-refractivity contribution >= 4 is 14.0 Å². The Morgan fingerprint density at radius 3 is 1.87 bits per heavy atom. The van der Waals surface area contributed by atoms with E-state index in [4.69, 9.17) is 0 Å². The summed E-state index contributed by atoms with van der Waals surface area (Å²) in [5.41, 5.74) is 1.65. The van der Waals surface area contributed by atoms with Crippen LogP contribution in [0.1, 0.15) is 34.1 Å². The Hall–Kier alpha value is 0.501. The Morgan fingerprint density at radius 2 is 1.57 bits per heavy atom. The summed E-state index contributed by atoms with van der Waals surface area (Å²) in [5, 5.41) is 1.55. The van der Waals surface area contributed by atoms with Crippen LogP contribution in [-0.2, 0) is 21.7 Å². The Morgan fingerprint density at radius 1 is 1.04 bits per heavy atom. The molecule has 0 unspecified atom stereocenters. The first-order chi connectivity index (χ1) is 8.95. The van der Waals surface area contributed by atoms with Crippen molar-refractivity contribution in [1.29, 1.82) is 0 Å². The molecule has 0 aromatic heterocycles. The zero-order valence-electron chi connectivity index (χ0n) is 14.6. The third kappa shape index (κ3) is 12.5. The maximum Gasteiger partial charge on any atom is 4.00 e. The van der Waals surface area contributed by atoms with E-state index < -0.39 is 0 Å². The van der Waals surface area contributed by atoms with E-state index in [-0.39, 0.29) is 67.7 Å². The summed E-state index contributed by atoms with van der Waals surface area (Å²) in [6, 6.07) is 12.1. The van der Waals surface area contributed by atoms with Crippen molar-refractivity contribution in [1.82, 2.24) is 0 Å². The Balaban J connectivity index is -0.000000134. The molecule has 1 aliphatic rings. The van der Waals surface area contributed by atoms with Gasteiger partial charge in [-0.1, -0.05) is 75.8 Å². The molecule has 0 aliphatic heterocycles. The molecule has 0 atom stereocenters. The van der Waals surface area contributed by atoms with Crippen molar-refractivity contribution in [3.63, 3.8) is 0 Å². The Kier molecular flexibility index (Phi) is 21.8. The van der Waals surface area contributed by atoms with Crippen molar-refractivity contribution in [3.8, 4) is 0 Å². The molecule has 0 nitrogen and oxygen atoms in total. The summed E-state index contributed by atoms with van der Waals surface area (Å²) in [7, 11) is -0.207. The molecule has 23 heavy (non-hydrogen) atoms. The van der Waals surface area contributed by atoms with Gasteiger partial charge in [0.2, 0.25) is 0 Å². The third-order valence-electron chi connectivity index (χ3n) is 3.30. The zero-order chi connectivity index (χ0) is 14.3. The van der Waals surface area contributed by atoms with Crippen LogP contribution in [0, 0.1) is 11.5 Å². The van der Waals surface area contributed by atoms with Crippen LogP contribution < -0.4 is 42.4 Å². The minimum absolute atomic E-state index is 0. The first kappa shape index (κ1) is 31.3. The van der Waals surface area contributed by atoms with Crippen LogP contribution in [0.5, 0.6) is 0 Å². The van der Waals surface area contributed by atoms with Gasteiger partial charge in [0.1, 0.15) is 0 Å². The number of halogens is 3. The van der Waals surface area contributed by atoms with Gasteiger partial charge < -0.3 is 37.2 Å². The average molecular weight is 425 g/mol. The van der Waals surface area contributed by atoms with Gasteiger partial charge in [-0.15, -0.1) is 6.42 Å². The molecule has 1 radical (unpaired) electrons. The standard InChI is InChI=1S/C9H13Si.C9H13.3ClH.Ti/c1-3-10(2)9-7-5-4-6-8-9;1-9(2,3)8-6-4-5-7-8;;;;/h4-8H,3H2,1-2H3;4,6H,5H2,1-3H3;3*1H;/q;-1;;;;+4/p-3. The van der Waals surface area contributed by atoms with Gasteiger partial charge >= 0.3 is 21.7 Å². The second kappa shape index (κ2) is 16.0. The molecule has 0 bridgehead atoms. The van der Waals surface area contributed by atoms with Crippen LogP contribution in [0.25, 0.3) is 0 Å². The van der Waals surface area contributed by atoms with Gasteiger partial charge in [0.15, 0.2) is 0 Å². The average Bonchev–Trinajstić information content (AvgIpc) is 2.93. The fourth-order valence-electron chi connectivity index (χ4n) is 1.85. The quantitative estimate of drug-likeness (QED) is 0.334. The first-order valence-corrected chi connectivity index (χ1v) is 9.31. The summed E-state index contributed by atoms with van der Waals surface area (Å²) in [6.45, 7) is 11.3. The van der Waals surface area contributed by atoms with Gasteiger partial charge in [-0.25, -0.2) is 11.6 Å². The van der Waals surface area contributed by atoms with Crippen LogP contribution >= 0.6 is 0 Å². The maximum atomic E-state index is 3.30.